The summed E-state index contributed by atoms with van der Waals surface area (Å²) in [6.07, 6.45) is 2.88. The third-order valence-electron chi connectivity index (χ3n) is 2.84. The molecule has 0 aromatic carbocycles. The summed E-state index contributed by atoms with van der Waals surface area (Å²) < 4.78 is 33.1. The van der Waals surface area contributed by atoms with Crippen molar-refractivity contribution in [3.05, 3.63) is 57.9 Å². The molecule has 0 aliphatic rings. The van der Waals surface area contributed by atoms with Crippen molar-refractivity contribution in [1.82, 2.24) is 15.0 Å². The summed E-state index contributed by atoms with van der Waals surface area (Å²) in [7, 11) is -3.89. The second kappa shape index (κ2) is 7.52. The number of hydrogen-bond acceptors (Lipinski definition) is 7. The molecule has 130 valence electrons. The summed E-state index contributed by atoms with van der Waals surface area (Å²) in [6, 6.07) is 8.23. The predicted octanol–water partition coefficient (Wildman–Crippen LogP) is 3.62. The van der Waals surface area contributed by atoms with Gasteiger partial charge in [-0.25, -0.2) is 18.4 Å². The van der Waals surface area contributed by atoms with Crippen LogP contribution in [0.4, 0.5) is 5.82 Å². The van der Waals surface area contributed by atoms with E-state index in [1.165, 1.54) is 18.3 Å². The van der Waals surface area contributed by atoms with E-state index in [2.05, 4.69) is 19.7 Å². The molecule has 25 heavy (non-hydrogen) atoms. The van der Waals surface area contributed by atoms with Gasteiger partial charge in [0, 0.05) is 6.20 Å². The number of nitrogens with zero attached hydrogens (tertiary/aromatic N) is 3. The second-order valence-electron chi connectivity index (χ2n) is 4.62. The summed E-state index contributed by atoms with van der Waals surface area (Å²) in [4.78, 5) is 12.0. The molecular formula is C14H10Cl2N4O3S2. The molecule has 1 N–H and O–H groups in total. The van der Waals surface area contributed by atoms with Crippen LogP contribution in [0.1, 0.15) is 5.69 Å². The summed E-state index contributed by atoms with van der Waals surface area (Å²) >= 11 is 12.5. The minimum Gasteiger partial charge on any atom is -0.469 e. The molecule has 0 radical (unpaired) electrons. The van der Waals surface area contributed by atoms with Crippen LogP contribution in [0.25, 0.3) is 0 Å². The number of nitrogens with one attached hydrogen (secondary N) is 1. The van der Waals surface area contributed by atoms with Crippen molar-refractivity contribution in [2.45, 2.75) is 10.8 Å². The Hall–Kier alpha value is -1.94. The lowest BCUT2D eigenvalue weighted by atomic mass is 10.4. The molecule has 0 amide bonds. The molecule has 0 saturated carbocycles. The zero-order valence-electron chi connectivity index (χ0n) is 12.4. The Bertz CT molecular complexity index is 981. The van der Waals surface area contributed by atoms with Crippen molar-refractivity contribution in [2.24, 2.45) is 0 Å². The van der Waals surface area contributed by atoms with Crippen molar-refractivity contribution in [3.63, 3.8) is 0 Å². The van der Waals surface area contributed by atoms with Gasteiger partial charge in [-0.3, -0.25) is 9.71 Å². The quantitative estimate of drug-likeness (QED) is 0.659. The maximum Gasteiger partial charge on any atom is 0.272 e. The van der Waals surface area contributed by atoms with Gasteiger partial charge in [0.1, 0.15) is 16.0 Å². The number of aromatic nitrogens is 3. The fourth-order valence-corrected chi connectivity index (χ4v) is 4.39. The van der Waals surface area contributed by atoms with Gasteiger partial charge in [0.15, 0.2) is 0 Å². The molecule has 3 aromatic heterocycles. The molecule has 11 heteroatoms. The zero-order valence-corrected chi connectivity index (χ0v) is 15.5. The van der Waals surface area contributed by atoms with E-state index < -0.39 is 10.0 Å². The Kier molecular flexibility index (Phi) is 5.38. The van der Waals surface area contributed by atoms with Crippen LogP contribution in [0.2, 0.25) is 9.49 Å². The minimum absolute atomic E-state index is 0.0127. The van der Waals surface area contributed by atoms with Gasteiger partial charge in [0.2, 0.25) is 5.82 Å². The monoisotopic (exact) mass is 416 g/mol. The maximum atomic E-state index is 12.4. The van der Waals surface area contributed by atoms with Gasteiger partial charge in [-0.1, -0.05) is 29.3 Å². The van der Waals surface area contributed by atoms with Gasteiger partial charge in [-0.05, 0) is 24.3 Å². The van der Waals surface area contributed by atoms with E-state index >= 15 is 0 Å². The third-order valence-corrected chi connectivity index (χ3v) is 6.08. The number of thiophene rings is 1. The fourth-order valence-electron chi connectivity index (χ4n) is 1.77. The van der Waals surface area contributed by atoms with E-state index in [1.54, 1.807) is 18.3 Å². The van der Waals surface area contributed by atoms with Gasteiger partial charge in [-0.2, -0.15) is 0 Å². The molecule has 0 saturated heterocycles. The fraction of sp³-hybridized carbons (Fsp3) is 0.0714. The Balaban J connectivity index is 1.84. The normalized spacial score (nSPS) is 11.3. The van der Waals surface area contributed by atoms with Crippen molar-refractivity contribution in [3.8, 4) is 5.88 Å². The van der Waals surface area contributed by atoms with Crippen LogP contribution in [-0.2, 0) is 16.6 Å². The maximum absolute atomic E-state index is 12.4. The highest BCUT2D eigenvalue weighted by Crippen LogP contribution is 2.29. The van der Waals surface area contributed by atoms with Crippen LogP contribution < -0.4 is 9.46 Å². The molecule has 3 rings (SSSR count). The van der Waals surface area contributed by atoms with E-state index in [9.17, 15) is 8.42 Å². The smallest absolute Gasteiger partial charge is 0.272 e. The highest BCUT2D eigenvalue weighted by atomic mass is 35.5. The van der Waals surface area contributed by atoms with Crippen LogP contribution in [0.15, 0.2) is 46.9 Å². The van der Waals surface area contributed by atoms with Crippen molar-refractivity contribution in [2.75, 3.05) is 4.72 Å². The van der Waals surface area contributed by atoms with Gasteiger partial charge < -0.3 is 4.74 Å². The molecule has 0 spiro atoms. The molecule has 0 aliphatic carbocycles. The first kappa shape index (κ1) is 17.9. The van der Waals surface area contributed by atoms with Crippen LogP contribution >= 0.6 is 34.5 Å². The SMILES string of the molecule is O=S(=O)(Nc1nc(Cl)cnc1OCc1ccccn1)c1ccc(Cl)s1. The van der Waals surface area contributed by atoms with Crippen LogP contribution in [-0.4, -0.2) is 23.4 Å². The Morgan fingerprint density at radius 3 is 2.68 bits per heavy atom. The van der Waals surface area contributed by atoms with E-state index in [0.29, 0.717) is 10.0 Å². The number of sulfonamides is 1. The van der Waals surface area contributed by atoms with Gasteiger partial charge in [0.05, 0.1) is 16.2 Å². The number of pyridine rings is 1. The lowest BCUT2D eigenvalue weighted by Gasteiger charge is -2.11. The Labute approximate surface area is 157 Å². The van der Waals surface area contributed by atoms with E-state index in [0.717, 1.165) is 11.3 Å². The van der Waals surface area contributed by atoms with Crippen LogP contribution in [0.5, 0.6) is 5.88 Å². The Morgan fingerprint density at radius 1 is 1.16 bits per heavy atom. The van der Waals surface area contributed by atoms with E-state index in [4.69, 9.17) is 27.9 Å². The van der Waals surface area contributed by atoms with Crippen molar-refractivity contribution < 1.29 is 13.2 Å². The highest BCUT2D eigenvalue weighted by molar-refractivity contribution is 7.94. The number of rotatable bonds is 6. The van der Waals surface area contributed by atoms with Gasteiger partial charge in [0.25, 0.3) is 15.9 Å². The standard InChI is InChI=1S/C14H10Cl2N4O3S2/c15-10-7-18-14(23-8-9-3-1-2-6-17-9)13(19-10)20-25(21,22)12-5-4-11(16)24-12/h1-7H,8H2,(H,19,20). The van der Waals surface area contributed by atoms with Crippen molar-refractivity contribution in [1.29, 1.82) is 0 Å². The van der Waals surface area contributed by atoms with Crippen molar-refractivity contribution >= 4 is 50.4 Å². The predicted molar refractivity (Wildman–Crippen MR) is 95.7 cm³/mol. The average molecular weight is 417 g/mol. The first-order valence-corrected chi connectivity index (χ1v) is 9.83. The highest BCUT2D eigenvalue weighted by Gasteiger charge is 2.21. The van der Waals surface area contributed by atoms with Crippen LogP contribution in [0.3, 0.4) is 0 Å². The molecule has 0 unspecified atom stereocenters. The second-order valence-corrected chi connectivity index (χ2v) is 8.63. The van der Waals surface area contributed by atoms with Gasteiger partial charge in [-0.15, -0.1) is 11.3 Å². The van der Waals surface area contributed by atoms with E-state index in [-0.39, 0.29) is 27.7 Å². The number of hydrogen-bond donors (Lipinski definition) is 1. The molecule has 0 aliphatic heterocycles. The summed E-state index contributed by atoms with van der Waals surface area (Å²) in [5, 5.41) is 0.0205. The van der Waals surface area contributed by atoms with Gasteiger partial charge >= 0.3 is 0 Å². The molecule has 0 fully saturated rings. The molecule has 3 aromatic rings. The largest absolute Gasteiger partial charge is 0.469 e. The molecule has 0 bridgehead atoms. The lowest BCUT2D eigenvalue weighted by molar-refractivity contribution is 0.290. The number of ether oxygens (including phenoxy) is 1. The topological polar surface area (TPSA) is 94.1 Å². The van der Waals surface area contributed by atoms with E-state index in [1.807, 2.05) is 6.07 Å². The Morgan fingerprint density at radius 2 is 2.00 bits per heavy atom. The van der Waals surface area contributed by atoms with Crippen LogP contribution in [0, 0.1) is 0 Å². The zero-order chi connectivity index (χ0) is 17.9. The number of halogens is 2. The first-order chi connectivity index (χ1) is 11.9. The summed E-state index contributed by atoms with van der Waals surface area (Å²) in [5.74, 6) is -0.130. The molecule has 7 nitrogen and oxygen atoms in total. The molecule has 0 atom stereocenters. The minimum atomic E-state index is -3.89. The summed E-state index contributed by atoms with van der Waals surface area (Å²) in [5.41, 5.74) is 0.651. The third kappa shape index (κ3) is 4.57. The average Bonchev–Trinajstić information content (AvgIpc) is 3.02. The molecular weight excluding hydrogens is 407 g/mol. The summed E-state index contributed by atoms with van der Waals surface area (Å²) in [6.45, 7) is 0.0940. The molecule has 3 heterocycles. The lowest BCUT2D eigenvalue weighted by Crippen LogP contribution is -2.14. The first-order valence-electron chi connectivity index (χ1n) is 6.77. The number of anilines is 1.